The molecule has 6 heteroatoms. The molecular weight excluding hydrogens is 420 g/mol. The van der Waals surface area contributed by atoms with Gasteiger partial charge in [0.2, 0.25) is 0 Å². The van der Waals surface area contributed by atoms with Gasteiger partial charge in [0.1, 0.15) is 5.75 Å². The van der Waals surface area contributed by atoms with Crippen molar-refractivity contribution in [2.45, 2.75) is 12.3 Å². The lowest BCUT2D eigenvalue weighted by Gasteiger charge is -2.28. The average molecular weight is 449 g/mol. The maximum absolute atomic E-state index is 13.5. The average Bonchev–Trinajstić information content (AvgIpc) is 3.53. The van der Waals surface area contributed by atoms with Crippen molar-refractivity contribution in [2.24, 2.45) is 0 Å². The third-order valence-electron chi connectivity index (χ3n) is 6.37. The number of thiophene rings is 1. The van der Waals surface area contributed by atoms with Gasteiger partial charge in [0.25, 0.3) is 5.91 Å². The number of carbonyl (C=O) groups excluding carboxylic acids is 1. The Labute approximate surface area is 193 Å². The highest BCUT2D eigenvalue weighted by atomic mass is 32.1. The SMILES string of the molecule is COc1ccc([C@H]2CCN(C(=O)c3cc(-c4ccccc4)c(N4CCOCC4)s3)C2)cc1. The van der Waals surface area contributed by atoms with Crippen molar-refractivity contribution in [3.8, 4) is 16.9 Å². The minimum absolute atomic E-state index is 0.141. The summed E-state index contributed by atoms with van der Waals surface area (Å²) in [7, 11) is 1.68. The molecule has 0 spiro atoms. The minimum atomic E-state index is 0.141. The van der Waals surface area contributed by atoms with Gasteiger partial charge in [0.15, 0.2) is 0 Å². The lowest BCUT2D eigenvalue weighted by molar-refractivity contribution is 0.0795. The summed E-state index contributed by atoms with van der Waals surface area (Å²) in [6, 6.07) is 20.7. The molecule has 0 radical (unpaired) electrons. The lowest BCUT2D eigenvalue weighted by Crippen LogP contribution is -2.35. The maximum Gasteiger partial charge on any atom is 0.264 e. The van der Waals surface area contributed by atoms with E-state index in [0.29, 0.717) is 5.92 Å². The van der Waals surface area contributed by atoms with Crippen LogP contribution in [-0.2, 0) is 4.74 Å². The van der Waals surface area contributed by atoms with Crippen LogP contribution < -0.4 is 9.64 Å². The zero-order chi connectivity index (χ0) is 21.9. The summed E-state index contributed by atoms with van der Waals surface area (Å²) in [5, 5.41) is 1.17. The van der Waals surface area contributed by atoms with Crippen LogP contribution in [0.4, 0.5) is 5.00 Å². The second kappa shape index (κ2) is 9.35. The van der Waals surface area contributed by atoms with Gasteiger partial charge >= 0.3 is 0 Å². The molecule has 0 aliphatic carbocycles. The minimum Gasteiger partial charge on any atom is -0.497 e. The van der Waals surface area contributed by atoms with Crippen molar-refractivity contribution in [1.29, 1.82) is 0 Å². The molecule has 2 aliphatic heterocycles. The Balaban J connectivity index is 1.38. The topological polar surface area (TPSA) is 42.0 Å². The third kappa shape index (κ3) is 4.25. The van der Waals surface area contributed by atoms with E-state index in [2.05, 4.69) is 47.4 Å². The predicted octanol–water partition coefficient (Wildman–Crippen LogP) is 4.89. The van der Waals surface area contributed by atoms with Gasteiger partial charge in [-0.1, -0.05) is 42.5 Å². The van der Waals surface area contributed by atoms with Crippen molar-refractivity contribution < 1.29 is 14.3 Å². The van der Waals surface area contributed by atoms with Crippen LogP contribution in [0.15, 0.2) is 60.7 Å². The van der Waals surface area contributed by atoms with Gasteiger partial charge < -0.3 is 19.3 Å². The zero-order valence-corrected chi connectivity index (χ0v) is 19.1. The highest BCUT2D eigenvalue weighted by Crippen LogP contribution is 2.40. The molecule has 3 aromatic rings. The number of amides is 1. The Morgan fingerprint density at radius 3 is 2.50 bits per heavy atom. The van der Waals surface area contributed by atoms with Crippen molar-refractivity contribution in [3.05, 3.63) is 71.1 Å². The molecule has 5 nitrogen and oxygen atoms in total. The van der Waals surface area contributed by atoms with E-state index in [4.69, 9.17) is 9.47 Å². The summed E-state index contributed by atoms with van der Waals surface area (Å²) >= 11 is 1.62. The number of methoxy groups -OCH3 is 1. The largest absolute Gasteiger partial charge is 0.497 e. The Morgan fingerprint density at radius 2 is 1.78 bits per heavy atom. The molecule has 2 aliphatic rings. The number of hydrogen-bond donors (Lipinski definition) is 0. The second-order valence-electron chi connectivity index (χ2n) is 8.30. The van der Waals surface area contributed by atoms with Gasteiger partial charge in [0, 0.05) is 37.7 Å². The van der Waals surface area contributed by atoms with Crippen molar-refractivity contribution >= 4 is 22.2 Å². The van der Waals surface area contributed by atoms with Gasteiger partial charge in [-0.2, -0.15) is 0 Å². The molecule has 166 valence electrons. The van der Waals surface area contributed by atoms with E-state index in [1.165, 1.54) is 10.6 Å². The van der Waals surface area contributed by atoms with Crippen LogP contribution in [0.3, 0.4) is 0 Å². The number of nitrogens with zero attached hydrogens (tertiary/aromatic N) is 2. The van der Waals surface area contributed by atoms with Crippen molar-refractivity contribution in [2.75, 3.05) is 51.4 Å². The second-order valence-corrected chi connectivity index (χ2v) is 9.34. The Kier molecular flexibility index (Phi) is 6.14. The summed E-state index contributed by atoms with van der Waals surface area (Å²) in [6.07, 6.45) is 0.991. The number of carbonyl (C=O) groups is 1. The zero-order valence-electron chi connectivity index (χ0n) is 18.3. The fourth-order valence-corrected chi connectivity index (χ4v) is 5.76. The summed E-state index contributed by atoms with van der Waals surface area (Å²) in [5.41, 5.74) is 3.57. The van der Waals surface area contributed by atoms with Crippen LogP contribution >= 0.6 is 11.3 Å². The molecule has 0 unspecified atom stereocenters. The molecule has 0 N–H and O–H groups in total. The van der Waals surface area contributed by atoms with Gasteiger partial charge in [-0.25, -0.2) is 0 Å². The van der Waals surface area contributed by atoms with E-state index in [1.807, 2.05) is 23.1 Å². The molecule has 2 fully saturated rings. The van der Waals surface area contributed by atoms with Crippen molar-refractivity contribution in [3.63, 3.8) is 0 Å². The first kappa shape index (κ1) is 21.0. The van der Waals surface area contributed by atoms with Gasteiger partial charge in [-0.15, -0.1) is 11.3 Å². The molecular formula is C26H28N2O3S. The number of morpholine rings is 1. The van der Waals surface area contributed by atoms with Crippen LogP contribution in [0, 0.1) is 0 Å². The van der Waals surface area contributed by atoms with Gasteiger partial charge in [-0.05, 0) is 35.7 Å². The summed E-state index contributed by atoms with van der Waals surface area (Å²) < 4.78 is 10.8. The fraction of sp³-hybridized carbons (Fsp3) is 0.346. The molecule has 2 saturated heterocycles. The van der Waals surface area contributed by atoms with E-state index in [1.54, 1.807) is 18.4 Å². The number of rotatable bonds is 5. The Morgan fingerprint density at radius 1 is 1.03 bits per heavy atom. The van der Waals surface area contributed by atoms with Gasteiger partial charge in [-0.3, -0.25) is 4.79 Å². The van der Waals surface area contributed by atoms with E-state index in [0.717, 1.165) is 67.6 Å². The van der Waals surface area contributed by atoms with E-state index in [-0.39, 0.29) is 5.91 Å². The molecule has 3 heterocycles. The molecule has 1 aromatic heterocycles. The molecule has 1 amide bonds. The Hall–Kier alpha value is -2.83. The third-order valence-corrected chi connectivity index (χ3v) is 7.55. The number of benzene rings is 2. The smallest absolute Gasteiger partial charge is 0.264 e. The highest BCUT2D eigenvalue weighted by Gasteiger charge is 2.30. The van der Waals surface area contributed by atoms with E-state index >= 15 is 0 Å². The standard InChI is InChI=1S/C26H28N2O3S/c1-30-22-9-7-19(8-10-22)21-11-12-28(18-21)25(29)24-17-23(20-5-3-2-4-6-20)26(32-24)27-13-15-31-16-14-27/h2-10,17,21H,11-16,18H2,1H3/t21-/m0/s1. The Bertz CT molecular complexity index is 1060. The fourth-order valence-electron chi connectivity index (χ4n) is 4.56. The monoisotopic (exact) mass is 448 g/mol. The predicted molar refractivity (Wildman–Crippen MR) is 129 cm³/mol. The summed E-state index contributed by atoms with van der Waals surface area (Å²) in [4.78, 5) is 18.7. The summed E-state index contributed by atoms with van der Waals surface area (Å²) in [5.74, 6) is 1.38. The number of likely N-dealkylation sites (tertiary alicyclic amines) is 1. The lowest BCUT2D eigenvalue weighted by atomic mass is 9.98. The van der Waals surface area contributed by atoms with E-state index < -0.39 is 0 Å². The first-order chi connectivity index (χ1) is 15.7. The van der Waals surface area contributed by atoms with Crippen molar-refractivity contribution in [1.82, 2.24) is 4.90 Å². The highest BCUT2D eigenvalue weighted by molar-refractivity contribution is 7.18. The maximum atomic E-state index is 13.5. The normalized spacial score (nSPS) is 18.7. The summed E-state index contributed by atoms with van der Waals surface area (Å²) in [6.45, 7) is 4.72. The molecule has 0 saturated carbocycles. The van der Waals surface area contributed by atoms with Crippen LogP contribution in [0.5, 0.6) is 5.75 Å². The molecule has 2 aromatic carbocycles. The molecule has 5 rings (SSSR count). The van der Waals surface area contributed by atoms with Crippen LogP contribution in [0.1, 0.15) is 27.6 Å². The van der Waals surface area contributed by atoms with Gasteiger partial charge in [0.05, 0.1) is 30.2 Å². The first-order valence-corrected chi connectivity index (χ1v) is 12.0. The number of hydrogen-bond acceptors (Lipinski definition) is 5. The van der Waals surface area contributed by atoms with Crippen LogP contribution in [0.2, 0.25) is 0 Å². The van der Waals surface area contributed by atoms with Crippen LogP contribution in [0.25, 0.3) is 11.1 Å². The molecule has 32 heavy (non-hydrogen) atoms. The first-order valence-electron chi connectivity index (χ1n) is 11.2. The number of ether oxygens (including phenoxy) is 2. The quantitative estimate of drug-likeness (QED) is 0.557. The molecule has 1 atom stereocenters. The molecule has 0 bridgehead atoms. The number of anilines is 1. The van der Waals surface area contributed by atoms with E-state index in [9.17, 15) is 4.79 Å². The van der Waals surface area contributed by atoms with Crippen LogP contribution in [-0.4, -0.2) is 57.3 Å².